The van der Waals surface area contributed by atoms with Crippen LogP contribution in [-0.2, 0) is 0 Å². The zero-order valence-electron chi connectivity index (χ0n) is 15.9. The topological polar surface area (TPSA) is 127 Å². The van der Waals surface area contributed by atoms with Crippen LogP contribution in [-0.4, -0.2) is 28.7 Å². The normalized spacial score (nSPS) is 18.1. The standard InChI is InChI=1S/C21H23N5O3/c22-19-24-20(23)26(21(25-19)11-2-1-3-12-21)15-7-9-16(10-8-15)29-17-6-4-5-14(13-17)18(27)28/h4-10,13H,1-3,11-12H2,(H,27,28)(H4,22,23,24,25). The summed E-state index contributed by atoms with van der Waals surface area (Å²) in [6.07, 6.45) is 5.02. The van der Waals surface area contributed by atoms with Crippen molar-refractivity contribution in [3.8, 4) is 11.5 Å². The summed E-state index contributed by atoms with van der Waals surface area (Å²) in [4.78, 5) is 21.9. The fraction of sp³-hybridized carbons (Fsp3) is 0.286. The minimum absolute atomic E-state index is 0.172. The van der Waals surface area contributed by atoms with E-state index in [0.29, 0.717) is 17.5 Å². The molecule has 1 aliphatic carbocycles. The van der Waals surface area contributed by atoms with Gasteiger partial charge in [0.1, 0.15) is 17.2 Å². The fourth-order valence-corrected chi connectivity index (χ4v) is 3.99. The molecule has 0 bridgehead atoms. The third-order valence-electron chi connectivity index (χ3n) is 5.26. The Balaban J connectivity index is 1.59. The lowest BCUT2D eigenvalue weighted by Gasteiger charge is -2.45. The second-order valence-electron chi connectivity index (χ2n) is 7.25. The number of anilines is 1. The molecule has 1 aliphatic heterocycles. The third-order valence-corrected chi connectivity index (χ3v) is 5.26. The first kappa shape index (κ1) is 18.8. The number of hydrogen-bond acceptors (Lipinski definition) is 7. The van der Waals surface area contributed by atoms with Gasteiger partial charge in [-0.25, -0.2) is 9.79 Å². The smallest absolute Gasteiger partial charge is 0.335 e. The number of rotatable bonds is 4. The number of hydrogen-bond donors (Lipinski definition) is 3. The molecule has 8 heteroatoms. The summed E-state index contributed by atoms with van der Waals surface area (Å²) in [6, 6.07) is 13.8. The molecule has 5 N–H and O–H groups in total. The molecule has 0 aromatic heterocycles. The van der Waals surface area contributed by atoms with Crippen molar-refractivity contribution in [3.63, 3.8) is 0 Å². The van der Waals surface area contributed by atoms with E-state index in [1.165, 1.54) is 18.6 Å². The first-order valence-electron chi connectivity index (χ1n) is 9.58. The van der Waals surface area contributed by atoms with Crippen molar-refractivity contribution in [1.82, 2.24) is 0 Å². The van der Waals surface area contributed by atoms with Gasteiger partial charge >= 0.3 is 5.97 Å². The van der Waals surface area contributed by atoms with Crippen LogP contribution >= 0.6 is 0 Å². The molecule has 1 spiro atoms. The quantitative estimate of drug-likeness (QED) is 0.732. The van der Waals surface area contributed by atoms with Crippen LogP contribution in [0.15, 0.2) is 58.5 Å². The van der Waals surface area contributed by atoms with Gasteiger partial charge in [-0.1, -0.05) is 12.5 Å². The maximum absolute atomic E-state index is 11.1. The van der Waals surface area contributed by atoms with Crippen molar-refractivity contribution < 1.29 is 14.6 Å². The lowest BCUT2D eigenvalue weighted by Crippen LogP contribution is -2.58. The number of benzene rings is 2. The molecule has 1 fully saturated rings. The molecule has 150 valence electrons. The van der Waals surface area contributed by atoms with Crippen molar-refractivity contribution in [2.75, 3.05) is 4.90 Å². The van der Waals surface area contributed by atoms with Crippen molar-refractivity contribution in [1.29, 1.82) is 0 Å². The molecule has 29 heavy (non-hydrogen) atoms. The maximum atomic E-state index is 11.1. The van der Waals surface area contributed by atoms with E-state index in [1.807, 2.05) is 29.2 Å². The molecule has 2 aromatic carbocycles. The molecule has 0 saturated heterocycles. The van der Waals surface area contributed by atoms with Gasteiger partial charge in [0.05, 0.1) is 5.56 Å². The Hall–Kier alpha value is -3.55. The van der Waals surface area contributed by atoms with Gasteiger partial charge in [0, 0.05) is 5.69 Å². The van der Waals surface area contributed by atoms with Crippen LogP contribution in [0, 0.1) is 0 Å². The van der Waals surface area contributed by atoms with E-state index in [4.69, 9.17) is 21.3 Å². The number of aliphatic imine (C=N–C) groups is 2. The van der Waals surface area contributed by atoms with Gasteiger partial charge in [0.15, 0.2) is 0 Å². The summed E-state index contributed by atoms with van der Waals surface area (Å²) in [6.45, 7) is 0. The van der Waals surface area contributed by atoms with E-state index in [1.54, 1.807) is 12.1 Å². The molecule has 2 aliphatic rings. The maximum Gasteiger partial charge on any atom is 0.335 e. The summed E-state index contributed by atoms with van der Waals surface area (Å²) in [5.74, 6) is 0.603. The Morgan fingerprint density at radius 3 is 2.45 bits per heavy atom. The van der Waals surface area contributed by atoms with Crippen LogP contribution in [0.1, 0.15) is 42.5 Å². The van der Waals surface area contributed by atoms with Crippen molar-refractivity contribution >= 4 is 23.6 Å². The van der Waals surface area contributed by atoms with E-state index in [2.05, 4.69) is 9.98 Å². The Kier molecular flexibility index (Phi) is 4.84. The summed E-state index contributed by atoms with van der Waals surface area (Å²) >= 11 is 0. The minimum Gasteiger partial charge on any atom is -0.478 e. The average Bonchev–Trinajstić information content (AvgIpc) is 2.69. The van der Waals surface area contributed by atoms with E-state index >= 15 is 0 Å². The molecule has 0 radical (unpaired) electrons. The number of carboxylic acids is 1. The fourth-order valence-electron chi connectivity index (χ4n) is 3.99. The van der Waals surface area contributed by atoms with Gasteiger partial charge in [-0.15, -0.1) is 0 Å². The predicted octanol–water partition coefficient (Wildman–Crippen LogP) is 3.29. The van der Waals surface area contributed by atoms with Crippen LogP contribution in [0.5, 0.6) is 11.5 Å². The van der Waals surface area contributed by atoms with Crippen LogP contribution in [0.2, 0.25) is 0 Å². The molecule has 0 unspecified atom stereocenters. The van der Waals surface area contributed by atoms with Crippen LogP contribution in [0.25, 0.3) is 0 Å². The SMILES string of the molecule is NC1=NC2(CCCCC2)N(c2ccc(Oc3cccc(C(=O)O)c3)cc2)C(N)=N1. The van der Waals surface area contributed by atoms with Crippen LogP contribution in [0.3, 0.4) is 0 Å². The Bertz CT molecular complexity index is 978. The zero-order valence-corrected chi connectivity index (χ0v) is 15.9. The molecule has 0 atom stereocenters. The number of carboxylic acid groups (broad SMARTS) is 1. The molecule has 8 nitrogen and oxygen atoms in total. The van der Waals surface area contributed by atoms with Crippen molar-refractivity contribution in [3.05, 3.63) is 54.1 Å². The Morgan fingerprint density at radius 1 is 1.03 bits per heavy atom. The molecule has 0 amide bonds. The zero-order chi connectivity index (χ0) is 20.4. The number of ether oxygens (including phenoxy) is 1. The van der Waals surface area contributed by atoms with E-state index < -0.39 is 11.6 Å². The monoisotopic (exact) mass is 393 g/mol. The van der Waals surface area contributed by atoms with Gasteiger partial charge in [0.2, 0.25) is 11.9 Å². The molecule has 1 heterocycles. The van der Waals surface area contributed by atoms with E-state index in [9.17, 15) is 4.79 Å². The predicted molar refractivity (Wildman–Crippen MR) is 111 cm³/mol. The van der Waals surface area contributed by atoms with Crippen molar-refractivity contribution in [2.24, 2.45) is 21.5 Å². The highest BCUT2D eigenvalue weighted by atomic mass is 16.5. The van der Waals surface area contributed by atoms with E-state index in [-0.39, 0.29) is 11.5 Å². The van der Waals surface area contributed by atoms with E-state index in [0.717, 1.165) is 31.4 Å². The Morgan fingerprint density at radius 2 is 1.76 bits per heavy atom. The Labute approximate surface area is 168 Å². The summed E-state index contributed by atoms with van der Waals surface area (Å²) < 4.78 is 5.80. The van der Waals surface area contributed by atoms with Gasteiger partial charge in [-0.2, -0.15) is 4.99 Å². The van der Waals surface area contributed by atoms with Gasteiger partial charge < -0.3 is 21.3 Å². The first-order valence-corrected chi connectivity index (χ1v) is 9.58. The number of nitrogens with two attached hydrogens (primary N) is 2. The third kappa shape index (κ3) is 3.73. The average molecular weight is 393 g/mol. The first-order chi connectivity index (χ1) is 14.0. The lowest BCUT2D eigenvalue weighted by atomic mass is 9.87. The summed E-state index contributed by atoms with van der Waals surface area (Å²) in [7, 11) is 0. The van der Waals surface area contributed by atoms with Crippen LogP contribution in [0.4, 0.5) is 5.69 Å². The second kappa shape index (κ2) is 7.46. The van der Waals surface area contributed by atoms with Gasteiger partial charge in [0.25, 0.3) is 0 Å². The van der Waals surface area contributed by atoms with Gasteiger partial charge in [-0.05, 0) is 68.1 Å². The second-order valence-corrected chi connectivity index (χ2v) is 7.25. The number of nitrogens with zero attached hydrogens (tertiary/aromatic N) is 3. The number of guanidine groups is 2. The highest BCUT2D eigenvalue weighted by molar-refractivity contribution is 6.05. The van der Waals surface area contributed by atoms with Gasteiger partial charge in [-0.3, -0.25) is 4.90 Å². The number of aromatic carboxylic acids is 1. The largest absolute Gasteiger partial charge is 0.478 e. The summed E-state index contributed by atoms with van der Waals surface area (Å²) in [5.41, 5.74) is 12.7. The highest BCUT2D eigenvalue weighted by Gasteiger charge is 2.42. The molecule has 4 rings (SSSR count). The molecular formula is C21H23N5O3. The minimum atomic E-state index is -0.997. The van der Waals surface area contributed by atoms with Crippen molar-refractivity contribution in [2.45, 2.75) is 37.8 Å². The molecule has 2 aromatic rings. The molecule has 1 saturated carbocycles. The summed E-state index contributed by atoms with van der Waals surface area (Å²) in [5, 5.41) is 9.12. The molecular weight excluding hydrogens is 370 g/mol. The highest BCUT2D eigenvalue weighted by Crippen LogP contribution is 2.40. The number of carbonyl (C=O) groups is 1. The lowest BCUT2D eigenvalue weighted by molar-refractivity contribution is 0.0696. The van der Waals surface area contributed by atoms with Crippen LogP contribution < -0.4 is 21.1 Å².